The van der Waals surface area contributed by atoms with Crippen molar-refractivity contribution < 1.29 is 9.47 Å². The molecule has 1 rings (SSSR count). The molecule has 16 heavy (non-hydrogen) atoms. The highest BCUT2D eigenvalue weighted by Crippen LogP contribution is 2.17. The minimum absolute atomic E-state index is 0.139. The number of pyridine rings is 1. The zero-order valence-electron chi connectivity index (χ0n) is 10.1. The Labute approximate surface area is 96.8 Å². The summed E-state index contributed by atoms with van der Waals surface area (Å²) < 4.78 is 10.8. The van der Waals surface area contributed by atoms with E-state index in [4.69, 9.17) is 15.2 Å². The molecule has 0 aliphatic heterocycles. The molecule has 4 heteroatoms. The van der Waals surface area contributed by atoms with Gasteiger partial charge in [0.05, 0.1) is 24.9 Å². The zero-order chi connectivity index (χ0) is 12.0. The van der Waals surface area contributed by atoms with Crippen LogP contribution < -0.4 is 10.5 Å². The molecule has 1 heterocycles. The van der Waals surface area contributed by atoms with Crippen LogP contribution in [0.4, 0.5) is 0 Å². The van der Waals surface area contributed by atoms with Crippen molar-refractivity contribution >= 4 is 0 Å². The second-order valence-corrected chi connectivity index (χ2v) is 3.89. The number of rotatable bonds is 6. The van der Waals surface area contributed by atoms with Crippen LogP contribution in [0.3, 0.4) is 0 Å². The van der Waals surface area contributed by atoms with Gasteiger partial charge in [-0.3, -0.25) is 4.98 Å². The van der Waals surface area contributed by atoms with E-state index in [1.807, 2.05) is 26.8 Å². The van der Waals surface area contributed by atoms with Crippen molar-refractivity contribution in [2.75, 3.05) is 13.2 Å². The topological polar surface area (TPSA) is 57.4 Å². The molecule has 4 nitrogen and oxygen atoms in total. The molecule has 1 atom stereocenters. The van der Waals surface area contributed by atoms with Crippen molar-refractivity contribution in [2.45, 2.75) is 32.9 Å². The van der Waals surface area contributed by atoms with Crippen molar-refractivity contribution in [3.8, 4) is 5.75 Å². The van der Waals surface area contributed by atoms with E-state index in [1.54, 1.807) is 12.4 Å². The van der Waals surface area contributed by atoms with Crippen molar-refractivity contribution in [1.29, 1.82) is 0 Å². The predicted molar refractivity (Wildman–Crippen MR) is 63.4 cm³/mol. The van der Waals surface area contributed by atoms with Gasteiger partial charge in [0, 0.05) is 12.8 Å². The Morgan fingerprint density at radius 2 is 2.12 bits per heavy atom. The highest BCUT2D eigenvalue weighted by atomic mass is 16.5. The van der Waals surface area contributed by atoms with Gasteiger partial charge in [-0.15, -0.1) is 0 Å². The lowest BCUT2D eigenvalue weighted by Crippen LogP contribution is -2.17. The fourth-order valence-electron chi connectivity index (χ4n) is 1.32. The summed E-state index contributed by atoms with van der Waals surface area (Å²) in [7, 11) is 0. The molecule has 1 aromatic heterocycles. The molecule has 0 saturated carbocycles. The van der Waals surface area contributed by atoms with Gasteiger partial charge in [-0.2, -0.15) is 0 Å². The van der Waals surface area contributed by atoms with E-state index in [2.05, 4.69) is 4.98 Å². The van der Waals surface area contributed by atoms with Crippen molar-refractivity contribution in [2.24, 2.45) is 5.73 Å². The standard InChI is InChI=1S/C12H20N2O2/c1-4-15-8-12(13)10-5-11(7-14-6-10)16-9(2)3/h5-7,9,12H,4,8,13H2,1-3H3. The van der Waals surface area contributed by atoms with Crippen LogP contribution in [-0.4, -0.2) is 24.3 Å². The number of ether oxygens (including phenoxy) is 2. The minimum atomic E-state index is -0.150. The molecule has 0 aromatic carbocycles. The largest absolute Gasteiger partial charge is 0.489 e. The highest BCUT2D eigenvalue weighted by molar-refractivity contribution is 5.26. The monoisotopic (exact) mass is 224 g/mol. The van der Waals surface area contributed by atoms with Crippen LogP contribution in [0.2, 0.25) is 0 Å². The SMILES string of the molecule is CCOCC(N)c1cncc(OC(C)C)c1. The first-order valence-corrected chi connectivity index (χ1v) is 5.58. The van der Waals surface area contributed by atoms with Crippen LogP contribution >= 0.6 is 0 Å². The number of aromatic nitrogens is 1. The second-order valence-electron chi connectivity index (χ2n) is 3.89. The second kappa shape index (κ2) is 6.45. The predicted octanol–water partition coefficient (Wildman–Crippen LogP) is 1.91. The minimum Gasteiger partial charge on any atom is -0.489 e. The maximum atomic E-state index is 5.96. The van der Waals surface area contributed by atoms with E-state index in [-0.39, 0.29) is 12.1 Å². The van der Waals surface area contributed by atoms with Crippen molar-refractivity contribution in [3.05, 3.63) is 24.0 Å². The molecular formula is C12H20N2O2. The van der Waals surface area contributed by atoms with Gasteiger partial charge in [0.2, 0.25) is 0 Å². The maximum absolute atomic E-state index is 5.96. The molecule has 0 aliphatic rings. The first-order chi connectivity index (χ1) is 7.63. The van der Waals surface area contributed by atoms with Crippen molar-refractivity contribution in [1.82, 2.24) is 4.98 Å². The molecule has 0 amide bonds. The third-order valence-corrected chi connectivity index (χ3v) is 2.04. The Bertz CT molecular complexity index is 316. The molecule has 1 unspecified atom stereocenters. The van der Waals surface area contributed by atoms with E-state index in [9.17, 15) is 0 Å². The lowest BCUT2D eigenvalue weighted by Gasteiger charge is -2.14. The lowest BCUT2D eigenvalue weighted by atomic mass is 10.1. The third kappa shape index (κ3) is 4.16. The molecule has 90 valence electrons. The Hall–Kier alpha value is -1.13. The molecule has 0 radical (unpaired) electrons. The molecule has 0 fully saturated rings. The van der Waals surface area contributed by atoms with Crippen molar-refractivity contribution in [3.63, 3.8) is 0 Å². The molecule has 0 bridgehead atoms. The molecule has 2 N–H and O–H groups in total. The van der Waals surface area contributed by atoms with Gasteiger partial charge in [-0.25, -0.2) is 0 Å². The van der Waals surface area contributed by atoms with Gasteiger partial charge in [-0.05, 0) is 32.4 Å². The molecule has 0 spiro atoms. The summed E-state index contributed by atoms with van der Waals surface area (Å²) in [6.45, 7) is 7.08. The zero-order valence-corrected chi connectivity index (χ0v) is 10.1. The van der Waals surface area contributed by atoms with Crippen LogP contribution in [0.25, 0.3) is 0 Å². The van der Waals surface area contributed by atoms with Crippen LogP contribution in [0.1, 0.15) is 32.4 Å². The van der Waals surface area contributed by atoms with Gasteiger partial charge >= 0.3 is 0 Å². The van der Waals surface area contributed by atoms with E-state index in [0.717, 1.165) is 11.3 Å². The Morgan fingerprint density at radius 1 is 1.38 bits per heavy atom. The summed E-state index contributed by atoms with van der Waals surface area (Å²) in [5.74, 6) is 0.749. The lowest BCUT2D eigenvalue weighted by molar-refractivity contribution is 0.133. The quantitative estimate of drug-likeness (QED) is 0.802. The number of hydrogen-bond acceptors (Lipinski definition) is 4. The highest BCUT2D eigenvalue weighted by Gasteiger charge is 2.08. The van der Waals surface area contributed by atoms with Crippen LogP contribution in [0.15, 0.2) is 18.5 Å². The van der Waals surface area contributed by atoms with Crippen LogP contribution in [0, 0.1) is 0 Å². The third-order valence-electron chi connectivity index (χ3n) is 2.04. The molecule has 0 saturated heterocycles. The summed E-state index contributed by atoms with van der Waals surface area (Å²) in [6.07, 6.45) is 3.58. The fraction of sp³-hybridized carbons (Fsp3) is 0.583. The smallest absolute Gasteiger partial charge is 0.138 e. The van der Waals surface area contributed by atoms with Gasteiger partial charge in [0.1, 0.15) is 5.75 Å². The number of hydrogen-bond donors (Lipinski definition) is 1. The molecule has 1 aromatic rings. The summed E-state index contributed by atoms with van der Waals surface area (Å²) in [6, 6.07) is 1.76. The summed E-state index contributed by atoms with van der Waals surface area (Å²) >= 11 is 0. The first kappa shape index (κ1) is 12.9. The Kier molecular flexibility index (Phi) is 5.22. The van der Waals surface area contributed by atoms with E-state index < -0.39 is 0 Å². The summed E-state index contributed by atoms with van der Waals surface area (Å²) in [5, 5.41) is 0. The average molecular weight is 224 g/mol. The summed E-state index contributed by atoms with van der Waals surface area (Å²) in [4.78, 5) is 4.11. The van der Waals surface area contributed by atoms with Gasteiger partial charge in [-0.1, -0.05) is 0 Å². The molecule has 0 aliphatic carbocycles. The number of nitrogens with zero attached hydrogens (tertiary/aromatic N) is 1. The van der Waals surface area contributed by atoms with Gasteiger partial charge in [0.25, 0.3) is 0 Å². The van der Waals surface area contributed by atoms with E-state index >= 15 is 0 Å². The van der Waals surface area contributed by atoms with Gasteiger partial charge in [0.15, 0.2) is 0 Å². The van der Waals surface area contributed by atoms with E-state index in [0.29, 0.717) is 13.2 Å². The number of nitrogens with two attached hydrogens (primary N) is 1. The first-order valence-electron chi connectivity index (χ1n) is 5.58. The fourth-order valence-corrected chi connectivity index (χ4v) is 1.32. The van der Waals surface area contributed by atoms with Crippen LogP contribution in [-0.2, 0) is 4.74 Å². The van der Waals surface area contributed by atoms with Crippen LogP contribution in [0.5, 0.6) is 5.75 Å². The van der Waals surface area contributed by atoms with E-state index in [1.165, 1.54) is 0 Å². The average Bonchev–Trinajstić information content (AvgIpc) is 2.25. The molecular weight excluding hydrogens is 204 g/mol. The maximum Gasteiger partial charge on any atom is 0.138 e. The summed E-state index contributed by atoms with van der Waals surface area (Å²) in [5.41, 5.74) is 6.90. The van der Waals surface area contributed by atoms with Gasteiger partial charge < -0.3 is 15.2 Å². The Balaban J connectivity index is 2.65. The normalized spacial score (nSPS) is 12.8. The Morgan fingerprint density at radius 3 is 2.75 bits per heavy atom.